The maximum atomic E-state index is 3.66. The molecule has 1 aromatic carbocycles. The third-order valence-corrected chi connectivity index (χ3v) is 3.76. The molecule has 2 rings (SSSR count). The fourth-order valence-corrected chi connectivity index (χ4v) is 2.80. The molecule has 0 bridgehead atoms. The minimum atomic E-state index is 0.438. The average molecular weight is 247 g/mol. The van der Waals surface area contributed by atoms with Crippen LogP contribution in [-0.2, 0) is 0 Å². The summed E-state index contributed by atoms with van der Waals surface area (Å²) in [5.41, 5.74) is 2.73. The first-order chi connectivity index (χ1) is 8.58. The Bertz CT molecular complexity index is 372. The van der Waals surface area contributed by atoms with E-state index in [9.17, 15) is 0 Å². The van der Waals surface area contributed by atoms with Crippen LogP contribution in [0.3, 0.4) is 0 Å². The number of hydrogen-bond donors (Lipinski definition) is 1. The maximum Gasteiger partial charge on any atom is 0.0508 e. The molecule has 1 N–H and O–H groups in total. The standard InChI is InChI=1S/C15H25N3/c1-12-5-7-13(8-6-12)15(17(2)3)14-11-18(4)10-9-16-14/h5-8,14-16H,9-11H2,1-4H3. The van der Waals surface area contributed by atoms with E-state index in [-0.39, 0.29) is 0 Å². The zero-order chi connectivity index (χ0) is 13.1. The van der Waals surface area contributed by atoms with E-state index in [0.29, 0.717) is 12.1 Å². The molecule has 100 valence electrons. The summed E-state index contributed by atoms with van der Waals surface area (Å²) in [4.78, 5) is 4.73. The van der Waals surface area contributed by atoms with E-state index in [1.54, 1.807) is 0 Å². The first kappa shape index (κ1) is 13.5. The quantitative estimate of drug-likeness (QED) is 0.873. The molecule has 1 aromatic rings. The highest BCUT2D eigenvalue weighted by Crippen LogP contribution is 2.24. The number of piperazine rings is 1. The molecule has 2 atom stereocenters. The van der Waals surface area contributed by atoms with Crippen LogP contribution in [-0.4, -0.2) is 56.6 Å². The topological polar surface area (TPSA) is 18.5 Å². The molecule has 0 saturated carbocycles. The first-order valence-corrected chi connectivity index (χ1v) is 6.73. The Morgan fingerprint density at radius 1 is 1.28 bits per heavy atom. The van der Waals surface area contributed by atoms with Crippen LogP contribution in [0.15, 0.2) is 24.3 Å². The van der Waals surface area contributed by atoms with Crippen molar-refractivity contribution in [3.63, 3.8) is 0 Å². The number of benzene rings is 1. The second kappa shape index (κ2) is 5.83. The van der Waals surface area contributed by atoms with E-state index in [1.807, 2.05) is 0 Å². The van der Waals surface area contributed by atoms with Gasteiger partial charge in [0.25, 0.3) is 0 Å². The molecule has 0 radical (unpaired) electrons. The minimum Gasteiger partial charge on any atom is -0.310 e. The molecule has 1 aliphatic rings. The first-order valence-electron chi connectivity index (χ1n) is 6.73. The molecular weight excluding hydrogens is 222 g/mol. The largest absolute Gasteiger partial charge is 0.310 e. The maximum absolute atomic E-state index is 3.66. The highest BCUT2D eigenvalue weighted by atomic mass is 15.2. The lowest BCUT2D eigenvalue weighted by atomic mass is 9.96. The Balaban J connectivity index is 2.19. The molecule has 0 aromatic heterocycles. The van der Waals surface area contributed by atoms with Crippen molar-refractivity contribution in [2.24, 2.45) is 0 Å². The van der Waals surface area contributed by atoms with Crippen LogP contribution in [0.2, 0.25) is 0 Å². The Morgan fingerprint density at radius 3 is 2.50 bits per heavy atom. The van der Waals surface area contributed by atoms with Crippen molar-refractivity contribution in [1.82, 2.24) is 15.1 Å². The number of nitrogens with zero attached hydrogens (tertiary/aromatic N) is 2. The third kappa shape index (κ3) is 3.10. The molecule has 1 fully saturated rings. The van der Waals surface area contributed by atoms with E-state index in [4.69, 9.17) is 0 Å². The van der Waals surface area contributed by atoms with Gasteiger partial charge in [0, 0.05) is 25.7 Å². The van der Waals surface area contributed by atoms with Crippen molar-refractivity contribution in [3.8, 4) is 0 Å². The second-order valence-corrected chi connectivity index (χ2v) is 5.64. The van der Waals surface area contributed by atoms with E-state index >= 15 is 0 Å². The molecule has 1 saturated heterocycles. The van der Waals surface area contributed by atoms with Gasteiger partial charge in [0.15, 0.2) is 0 Å². The monoisotopic (exact) mass is 247 g/mol. The Hall–Kier alpha value is -0.900. The number of aryl methyl sites for hydroxylation is 1. The van der Waals surface area contributed by atoms with Crippen LogP contribution in [0.4, 0.5) is 0 Å². The lowest BCUT2D eigenvalue weighted by Crippen LogP contribution is -2.54. The van der Waals surface area contributed by atoms with Crippen molar-refractivity contribution in [3.05, 3.63) is 35.4 Å². The fraction of sp³-hybridized carbons (Fsp3) is 0.600. The smallest absolute Gasteiger partial charge is 0.0508 e. The van der Waals surface area contributed by atoms with Gasteiger partial charge in [-0.1, -0.05) is 29.8 Å². The highest BCUT2D eigenvalue weighted by molar-refractivity contribution is 5.25. The zero-order valence-corrected chi connectivity index (χ0v) is 12.0. The van der Waals surface area contributed by atoms with Gasteiger partial charge in [0.1, 0.15) is 0 Å². The third-order valence-electron chi connectivity index (χ3n) is 3.76. The molecule has 0 aliphatic carbocycles. The van der Waals surface area contributed by atoms with Gasteiger partial charge < -0.3 is 15.1 Å². The zero-order valence-electron chi connectivity index (χ0n) is 12.0. The average Bonchev–Trinajstić information content (AvgIpc) is 2.32. The summed E-state index contributed by atoms with van der Waals surface area (Å²) in [6, 6.07) is 9.87. The highest BCUT2D eigenvalue weighted by Gasteiger charge is 2.28. The fourth-order valence-electron chi connectivity index (χ4n) is 2.80. The summed E-state index contributed by atoms with van der Waals surface area (Å²) < 4.78 is 0. The second-order valence-electron chi connectivity index (χ2n) is 5.64. The van der Waals surface area contributed by atoms with Gasteiger partial charge in [-0.2, -0.15) is 0 Å². The molecule has 1 aliphatic heterocycles. The van der Waals surface area contributed by atoms with Crippen LogP contribution in [0.1, 0.15) is 17.2 Å². The molecule has 0 amide bonds. The van der Waals surface area contributed by atoms with Gasteiger partial charge in [-0.05, 0) is 33.6 Å². The molecule has 3 heteroatoms. The van der Waals surface area contributed by atoms with Gasteiger partial charge in [0.2, 0.25) is 0 Å². The Labute approximate surface area is 111 Å². The van der Waals surface area contributed by atoms with Crippen LogP contribution in [0, 0.1) is 6.92 Å². The van der Waals surface area contributed by atoms with Crippen LogP contribution < -0.4 is 5.32 Å². The predicted molar refractivity (Wildman–Crippen MR) is 76.9 cm³/mol. The molecule has 18 heavy (non-hydrogen) atoms. The lowest BCUT2D eigenvalue weighted by molar-refractivity contribution is 0.154. The van der Waals surface area contributed by atoms with Crippen molar-refractivity contribution >= 4 is 0 Å². The van der Waals surface area contributed by atoms with Crippen molar-refractivity contribution in [1.29, 1.82) is 0 Å². The van der Waals surface area contributed by atoms with Gasteiger partial charge >= 0.3 is 0 Å². The van der Waals surface area contributed by atoms with Crippen molar-refractivity contribution in [2.75, 3.05) is 40.8 Å². The molecule has 0 spiro atoms. The molecule has 1 heterocycles. The number of rotatable bonds is 3. The Morgan fingerprint density at radius 2 is 1.94 bits per heavy atom. The number of hydrogen-bond acceptors (Lipinski definition) is 3. The minimum absolute atomic E-state index is 0.438. The van der Waals surface area contributed by atoms with Gasteiger partial charge in [-0.25, -0.2) is 0 Å². The normalized spacial score (nSPS) is 23.3. The van der Waals surface area contributed by atoms with Crippen LogP contribution in [0.25, 0.3) is 0 Å². The molecular formula is C15H25N3. The van der Waals surface area contributed by atoms with E-state index in [1.165, 1.54) is 11.1 Å². The van der Waals surface area contributed by atoms with Crippen molar-refractivity contribution in [2.45, 2.75) is 19.0 Å². The van der Waals surface area contributed by atoms with Gasteiger partial charge in [-0.3, -0.25) is 0 Å². The summed E-state index contributed by atoms with van der Waals surface area (Å²) in [7, 11) is 6.54. The Kier molecular flexibility index (Phi) is 4.38. The van der Waals surface area contributed by atoms with E-state index in [0.717, 1.165) is 19.6 Å². The van der Waals surface area contributed by atoms with E-state index < -0.39 is 0 Å². The lowest BCUT2D eigenvalue weighted by Gasteiger charge is -2.39. The van der Waals surface area contributed by atoms with Gasteiger partial charge in [0.05, 0.1) is 6.04 Å². The SMILES string of the molecule is Cc1ccc(C(C2CN(C)CCN2)N(C)C)cc1. The van der Waals surface area contributed by atoms with E-state index in [2.05, 4.69) is 67.4 Å². The summed E-state index contributed by atoms with van der Waals surface area (Å²) in [5.74, 6) is 0. The van der Waals surface area contributed by atoms with Crippen molar-refractivity contribution < 1.29 is 0 Å². The summed E-state index contributed by atoms with van der Waals surface area (Å²) in [6.45, 7) is 5.47. The predicted octanol–water partition coefficient (Wildman–Crippen LogP) is 1.50. The van der Waals surface area contributed by atoms with Crippen LogP contribution >= 0.6 is 0 Å². The molecule has 2 unspecified atom stereocenters. The summed E-state index contributed by atoms with van der Waals surface area (Å²) in [5, 5.41) is 3.66. The van der Waals surface area contributed by atoms with Gasteiger partial charge in [-0.15, -0.1) is 0 Å². The molecule has 3 nitrogen and oxygen atoms in total. The summed E-state index contributed by atoms with van der Waals surface area (Å²) in [6.07, 6.45) is 0. The van der Waals surface area contributed by atoms with Crippen LogP contribution in [0.5, 0.6) is 0 Å². The summed E-state index contributed by atoms with van der Waals surface area (Å²) >= 11 is 0. The number of likely N-dealkylation sites (N-methyl/N-ethyl adjacent to an activating group) is 2. The number of nitrogens with one attached hydrogen (secondary N) is 1.